The van der Waals surface area contributed by atoms with Gasteiger partial charge in [-0.1, -0.05) is 20.3 Å². The first-order valence-corrected chi connectivity index (χ1v) is 10.6. The van der Waals surface area contributed by atoms with Crippen LogP contribution in [0.1, 0.15) is 45.7 Å². The molecule has 1 rings (SSSR count). The van der Waals surface area contributed by atoms with Crippen molar-refractivity contribution in [1.82, 2.24) is 25.9 Å². The summed E-state index contributed by atoms with van der Waals surface area (Å²) in [7, 11) is 0. The van der Waals surface area contributed by atoms with Gasteiger partial charge in [0.15, 0.2) is 0 Å². The van der Waals surface area contributed by atoms with Gasteiger partial charge in [-0.2, -0.15) is 0 Å². The fourth-order valence-corrected chi connectivity index (χ4v) is 2.90. The number of carbonyl (C=O) groups excluding carboxylic acids is 3. The van der Waals surface area contributed by atoms with E-state index in [1.165, 1.54) is 19.4 Å². The normalized spacial score (nSPS) is 14.8. The van der Waals surface area contributed by atoms with E-state index >= 15 is 0 Å². The third kappa shape index (κ3) is 9.02. The second-order valence-electron chi connectivity index (χ2n) is 8.03. The summed E-state index contributed by atoms with van der Waals surface area (Å²) >= 11 is 0. The molecule has 0 aromatic carbocycles. The average molecular weight is 454 g/mol. The van der Waals surface area contributed by atoms with Crippen molar-refractivity contribution in [2.75, 3.05) is 6.54 Å². The van der Waals surface area contributed by atoms with E-state index in [0.717, 1.165) is 6.42 Å². The van der Waals surface area contributed by atoms with E-state index in [2.05, 4.69) is 25.9 Å². The minimum Gasteiger partial charge on any atom is -0.480 e. The van der Waals surface area contributed by atoms with Crippen LogP contribution in [0.15, 0.2) is 12.5 Å². The standard InChI is InChI=1S/C20H35N7O5/c1-11(2)16(19(30)25-12(3)20(31)32)27-18(29)15(8-13-9-23-10-24-13)26-17(28)14(22)6-4-5-7-21/h9-12,14-16H,4-8,21-22H2,1-3H3,(H,23,24)(H,25,30)(H,26,28)(H,27,29)(H,31,32). The minimum absolute atomic E-state index is 0.102. The Morgan fingerprint density at radius 3 is 2.28 bits per heavy atom. The molecule has 0 aliphatic carbocycles. The number of carbonyl (C=O) groups is 4. The molecule has 0 spiro atoms. The number of hydrogen-bond donors (Lipinski definition) is 7. The number of H-pyrrole nitrogens is 1. The Kier molecular flexibility index (Phi) is 11.3. The second kappa shape index (κ2) is 13.4. The summed E-state index contributed by atoms with van der Waals surface area (Å²) < 4.78 is 0. The second-order valence-corrected chi connectivity index (χ2v) is 8.03. The topological polar surface area (TPSA) is 205 Å². The molecule has 0 saturated carbocycles. The number of carboxylic acids is 1. The zero-order valence-electron chi connectivity index (χ0n) is 18.8. The number of carboxylic acid groups (broad SMARTS) is 1. The van der Waals surface area contributed by atoms with E-state index in [0.29, 0.717) is 25.1 Å². The van der Waals surface area contributed by atoms with Gasteiger partial charge in [0.1, 0.15) is 18.1 Å². The number of nitrogens with two attached hydrogens (primary N) is 2. The van der Waals surface area contributed by atoms with Gasteiger partial charge in [0.25, 0.3) is 0 Å². The van der Waals surface area contributed by atoms with Gasteiger partial charge in [-0.05, 0) is 32.2 Å². The van der Waals surface area contributed by atoms with Gasteiger partial charge < -0.3 is 37.5 Å². The van der Waals surface area contributed by atoms with E-state index in [1.54, 1.807) is 13.8 Å². The van der Waals surface area contributed by atoms with E-state index in [9.17, 15) is 19.2 Å². The Bertz CT molecular complexity index is 754. The first-order chi connectivity index (χ1) is 15.1. The Hall–Kier alpha value is -2.99. The predicted molar refractivity (Wildman–Crippen MR) is 117 cm³/mol. The van der Waals surface area contributed by atoms with Crippen LogP contribution in [0, 0.1) is 5.92 Å². The molecule has 0 aliphatic rings. The van der Waals surface area contributed by atoms with Crippen molar-refractivity contribution in [2.45, 2.75) is 70.6 Å². The number of imidazole rings is 1. The predicted octanol–water partition coefficient (Wildman–Crippen LogP) is -1.38. The third-order valence-corrected chi connectivity index (χ3v) is 4.89. The van der Waals surface area contributed by atoms with Crippen LogP contribution in [0.2, 0.25) is 0 Å². The van der Waals surface area contributed by atoms with Crippen LogP contribution in [0.3, 0.4) is 0 Å². The number of hydrogen-bond acceptors (Lipinski definition) is 7. The van der Waals surface area contributed by atoms with Crippen LogP contribution in [-0.2, 0) is 25.6 Å². The molecule has 9 N–H and O–H groups in total. The molecule has 180 valence electrons. The molecule has 0 fully saturated rings. The average Bonchev–Trinajstić information content (AvgIpc) is 3.23. The molecule has 0 bridgehead atoms. The number of rotatable bonds is 14. The number of aromatic amines is 1. The highest BCUT2D eigenvalue weighted by Crippen LogP contribution is 2.07. The fourth-order valence-electron chi connectivity index (χ4n) is 2.90. The summed E-state index contributed by atoms with van der Waals surface area (Å²) in [5, 5.41) is 16.6. The van der Waals surface area contributed by atoms with Crippen molar-refractivity contribution < 1.29 is 24.3 Å². The van der Waals surface area contributed by atoms with E-state index < -0.39 is 47.9 Å². The van der Waals surface area contributed by atoms with Crippen molar-refractivity contribution in [3.63, 3.8) is 0 Å². The lowest BCUT2D eigenvalue weighted by Gasteiger charge is -2.26. The summed E-state index contributed by atoms with van der Waals surface area (Å²) in [4.78, 5) is 55.9. The summed E-state index contributed by atoms with van der Waals surface area (Å²) in [6, 6.07) is -3.94. The highest BCUT2D eigenvalue weighted by Gasteiger charge is 2.31. The molecule has 1 heterocycles. The van der Waals surface area contributed by atoms with E-state index in [1.807, 2.05) is 0 Å². The van der Waals surface area contributed by atoms with Crippen LogP contribution in [0.25, 0.3) is 0 Å². The Morgan fingerprint density at radius 2 is 1.75 bits per heavy atom. The molecule has 12 nitrogen and oxygen atoms in total. The lowest BCUT2D eigenvalue weighted by Crippen LogP contribution is -2.58. The minimum atomic E-state index is -1.19. The molecule has 1 aromatic rings. The first kappa shape index (κ1) is 27.0. The third-order valence-electron chi connectivity index (χ3n) is 4.89. The molecular formula is C20H35N7O5. The zero-order valence-corrected chi connectivity index (χ0v) is 18.8. The van der Waals surface area contributed by atoms with Crippen molar-refractivity contribution in [1.29, 1.82) is 0 Å². The quantitative estimate of drug-likeness (QED) is 0.167. The Balaban J connectivity index is 2.91. The van der Waals surface area contributed by atoms with Gasteiger partial charge in [0, 0.05) is 18.3 Å². The maximum Gasteiger partial charge on any atom is 0.325 e. The van der Waals surface area contributed by atoms with Gasteiger partial charge in [0.05, 0.1) is 12.4 Å². The summed E-state index contributed by atoms with van der Waals surface area (Å²) in [6.07, 6.45) is 4.91. The highest BCUT2D eigenvalue weighted by atomic mass is 16.4. The van der Waals surface area contributed by atoms with Gasteiger partial charge in [-0.15, -0.1) is 0 Å². The van der Waals surface area contributed by atoms with E-state index in [-0.39, 0.29) is 12.3 Å². The molecule has 0 radical (unpaired) electrons. The van der Waals surface area contributed by atoms with Crippen LogP contribution in [-0.4, -0.2) is 69.5 Å². The molecular weight excluding hydrogens is 418 g/mol. The highest BCUT2D eigenvalue weighted by molar-refractivity contribution is 5.94. The maximum atomic E-state index is 13.0. The smallest absolute Gasteiger partial charge is 0.325 e. The number of amides is 3. The summed E-state index contributed by atoms with van der Waals surface area (Å²) in [5.41, 5.74) is 12.0. The number of unbranched alkanes of at least 4 members (excludes halogenated alkanes) is 1. The molecule has 0 saturated heterocycles. The van der Waals surface area contributed by atoms with Crippen LogP contribution >= 0.6 is 0 Å². The zero-order chi connectivity index (χ0) is 24.3. The molecule has 1 aromatic heterocycles. The molecule has 4 unspecified atom stereocenters. The Labute approximate surface area is 187 Å². The van der Waals surface area contributed by atoms with Crippen LogP contribution in [0.5, 0.6) is 0 Å². The lowest BCUT2D eigenvalue weighted by molar-refractivity contribution is -0.142. The fraction of sp³-hybridized carbons (Fsp3) is 0.650. The van der Waals surface area contributed by atoms with Crippen LogP contribution in [0.4, 0.5) is 0 Å². The van der Waals surface area contributed by atoms with Gasteiger partial charge in [-0.25, -0.2) is 4.98 Å². The van der Waals surface area contributed by atoms with Gasteiger partial charge in [0.2, 0.25) is 17.7 Å². The SMILES string of the molecule is CC(NC(=O)C(NC(=O)C(Cc1cnc[nH]1)NC(=O)C(N)CCCCN)C(C)C)C(=O)O. The van der Waals surface area contributed by atoms with Crippen molar-refractivity contribution in [3.05, 3.63) is 18.2 Å². The monoisotopic (exact) mass is 453 g/mol. The Morgan fingerprint density at radius 1 is 1.06 bits per heavy atom. The molecule has 0 aliphatic heterocycles. The van der Waals surface area contributed by atoms with Crippen molar-refractivity contribution in [2.24, 2.45) is 17.4 Å². The van der Waals surface area contributed by atoms with Gasteiger partial charge in [-0.3, -0.25) is 19.2 Å². The number of aliphatic carboxylic acids is 1. The largest absolute Gasteiger partial charge is 0.480 e. The molecule has 12 heteroatoms. The summed E-state index contributed by atoms with van der Waals surface area (Å²) in [5.74, 6) is -3.25. The van der Waals surface area contributed by atoms with Gasteiger partial charge >= 0.3 is 5.97 Å². The molecule has 32 heavy (non-hydrogen) atoms. The van der Waals surface area contributed by atoms with Crippen LogP contribution < -0.4 is 27.4 Å². The lowest BCUT2D eigenvalue weighted by atomic mass is 10.0. The van der Waals surface area contributed by atoms with E-state index in [4.69, 9.17) is 16.6 Å². The van der Waals surface area contributed by atoms with Crippen molar-refractivity contribution >= 4 is 23.7 Å². The molecule has 4 atom stereocenters. The number of aromatic nitrogens is 2. The number of nitrogens with one attached hydrogen (secondary N) is 4. The molecule has 3 amide bonds. The summed E-state index contributed by atoms with van der Waals surface area (Å²) in [6.45, 7) is 5.25. The first-order valence-electron chi connectivity index (χ1n) is 10.6. The maximum absolute atomic E-state index is 13.0. The van der Waals surface area contributed by atoms with Crippen molar-refractivity contribution in [3.8, 4) is 0 Å². The number of nitrogens with zero attached hydrogens (tertiary/aromatic N) is 1.